The van der Waals surface area contributed by atoms with E-state index in [4.69, 9.17) is 15.2 Å². The largest absolute Gasteiger partial charge is 0.473 e. The Bertz CT molecular complexity index is 358. The molecule has 1 atom stereocenters. The standard InChI is InChI=1S/C14H25N3O2/c1-11(2)19-14-13(7-5-9-16-14)17-12(10-18-3)6-4-8-15/h5,7,9,11-12,17H,4,6,8,10,15H2,1-3H3. The average molecular weight is 267 g/mol. The second-order valence-electron chi connectivity index (χ2n) is 4.75. The van der Waals surface area contributed by atoms with Gasteiger partial charge in [0.25, 0.3) is 0 Å². The van der Waals surface area contributed by atoms with E-state index in [0.717, 1.165) is 18.5 Å². The minimum Gasteiger partial charge on any atom is -0.473 e. The van der Waals surface area contributed by atoms with Gasteiger partial charge in [-0.3, -0.25) is 0 Å². The van der Waals surface area contributed by atoms with Crippen molar-refractivity contribution in [1.29, 1.82) is 0 Å². The van der Waals surface area contributed by atoms with Crippen LogP contribution in [0.4, 0.5) is 5.69 Å². The lowest BCUT2D eigenvalue weighted by atomic mass is 10.1. The van der Waals surface area contributed by atoms with Crippen LogP contribution in [0, 0.1) is 0 Å². The molecule has 0 aliphatic heterocycles. The van der Waals surface area contributed by atoms with Gasteiger partial charge in [-0.2, -0.15) is 0 Å². The van der Waals surface area contributed by atoms with Gasteiger partial charge in [-0.05, 0) is 45.4 Å². The number of hydrogen-bond donors (Lipinski definition) is 2. The number of nitrogens with one attached hydrogen (secondary N) is 1. The fraction of sp³-hybridized carbons (Fsp3) is 0.643. The van der Waals surface area contributed by atoms with Crippen molar-refractivity contribution >= 4 is 5.69 Å². The van der Waals surface area contributed by atoms with Crippen LogP contribution in [-0.2, 0) is 4.74 Å². The summed E-state index contributed by atoms with van der Waals surface area (Å²) in [5.74, 6) is 0.631. The molecule has 5 nitrogen and oxygen atoms in total. The molecule has 0 amide bonds. The average Bonchev–Trinajstić information content (AvgIpc) is 2.38. The maximum absolute atomic E-state index is 5.69. The van der Waals surface area contributed by atoms with E-state index >= 15 is 0 Å². The minimum absolute atomic E-state index is 0.0976. The van der Waals surface area contributed by atoms with Crippen LogP contribution in [0.15, 0.2) is 18.3 Å². The highest BCUT2D eigenvalue weighted by molar-refractivity contribution is 5.52. The van der Waals surface area contributed by atoms with Crippen molar-refractivity contribution in [2.24, 2.45) is 5.73 Å². The molecule has 0 bridgehead atoms. The second kappa shape index (κ2) is 8.72. The lowest BCUT2D eigenvalue weighted by Crippen LogP contribution is -2.26. The van der Waals surface area contributed by atoms with Gasteiger partial charge < -0.3 is 20.5 Å². The van der Waals surface area contributed by atoms with Gasteiger partial charge in [0.05, 0.1) is 18.4 Å². The number of hydrogen-bond acceptors (Lipinski definition) is 5. The van der Waals surface area contributed by atoms with Crippen LogP contribution in [0.2, 0.25) is 0 Å². The summed E-state index contributed by atoms with van der Waals surface area (Å²) in [6.45, 7) is 5.29. The number of nitrogens with zero attached hydrogens (tertiary/aromatic N) is 1. The normalized spacial score (nSPS) is 12.5. The molecule has 0 saturated carbocycles. The van der Waals surface area contributed by atoms with Crippen LogP contribution >= 0.6 is 0 Å². The SMILES string of the molecule is COCC(CCCN)Nc1cccnc1OC(C)C. The molecule has 5 heteroatoms. The Hall–Kier alpha value is -1.33. The monoisotopic (exact) mass is 267 g/mol. The minimum atomic E-state index is 0.0976. The lowest BCUT2D eigenvalue weighted by molar-refractivity contribution is 0.181. The van der Waals surface area contributed by atoms with E-state index in [2.05, 4.69) is 10.3 Å². The summed E-state index contributed by atoms with van der Waals surface area (Å²) >= 11 is 0. The molecule has 0 fully saturated rings. The van der Waals surface area contributed by atoms with Crippen molar-refractivity contribution in [2.45, 2.75) is 38.8 Å². The molecule has 1 aromatic heterocycles. The van der Waals surface area contributed by atoms with E-state index in [1.165, 1.54) is 0 Å². The van der Waals surface area contributed by atoms with E-state index < -0.39 is 0 Å². The first-order valence-electron chi connectivity index (χ1n) is 6.74. The fourth-order valence-corrected chi connectivity index (χ4v) is 1.80. The highest BCUT2D eigenvalue weighted by atomic mass is 16.5. The molecule has 19 heavy (non-hydrogen) atoms. The van der Waals surface area contributed by atoms with Gasteiger partial charge in [0.2, 0.25) is 5.88 Å². The first-order chi connectivity index (χ1) is 9.17. The van der Waals surface area contributed by atoms with Crippen molar-refractivity contribution in [3.63, 3.8) is 0 Å². The van der Waals surface area contributed by atoms with Crippen LogP contribution < -0.4 is 15.8 Å². The van der Waals surface area contributed by atoms with Gasteiger partial charge in [-0.1, -0.05) is 0 Å². The molecule has 3 N–H and O–H groups in total. The Kier molecular flexibility index (Phi) is 7.22. The zero-order valence-corrected chi connectivity index (χ0v) is 12.1. The smallest absolute Gasteiger partial charge is 0.237 e. The summed E-state index contributed by atoms with van der Waals surface area (Å²) in [6, 6.07) is 4.07. The summed E-state index contributed by atoms with van der Waals surface area (Å²) < 4.78 is 10.9. The Morgan fingerprint density at radius 1 is 1.42 bits per heavy atom. The maximum atomic E-state index is 5.69. The van der Waals surface area contributed by atoms with Gasteiger partial charge in [0.15, 0.2) is 0 Å². The number of methoxy groups -OCH3 is 1. The Morgan fingerprint density at radius 2 is 2.21 bits per heavy atom. The number of pyridine rings is 1. The van der Waals surface area contributed by atoms with E-state index in [9.17, 15) is 0 Å². The number of anilines is 1. The molecule has 0 saturated heterocycles. The summed E-state index contributed by atoms with van der Waals surface area (Å²) in [4.78, 5) is 4.26. The predicted molar refractivity (Wildman–Crippen MR) is 77.6 cm³/mol. The van der Waals surface area contributed by atoms with Crippen molar-refractivity contribution in [3.8, 4) is 5.88 Å². The zero-order chi connectivity index (χ0) is 14.1. The maximum Gasteiger partial charge on any atom is 0.237 e. The van der Waals surface area contributed by atoms with Gasteiger partial charge >= 0.3 is 0 Å². The van der Waals surface area contributed by atoms with E-state index in [1.807, 2.05) is 26.0 Å². The predicted octanol–water partition coefficient (Wildman–Crippen LogP) is 2.03. The zero-order valence-electron chi connectivity index (χ0n) is 12.1. The number of nitrogens with two attached hydrogens (primary N) is 1. The molecule has 1 rings (SSSR count). The summed E-state index contributed by atoms with van der Waals surface area (Å²) in [5, 5.41) is 3.42. The third kappa shape index (κ3) is 5.89. The Morgan fingerprint density at radius 3 is 2.84 bits per heavy atom. The fourth-order valence-electron chi connectivity index (χ4n) is 1.80. The van der Waals surface area contributed by atoms with Crippen LogP contribution in [0.1, 0.15) is 26.7 Å². The molecule has 1 heterocycles. The summed E-state index contributed by atoms with van der Waals surface area (Å²) in [5.41, 5.74) is 6.45. The summed E-state index contributed by atoms with van der Waals surface area (Å²) in [7, 11) is 1.70. The van der Waals surface area contributed by atoms with Crippen LogP contribution in [0.25, 0.3) is 0 Å². The molecule has 0 aliphatic rings. The van der Waals surface area contributed by atoms with E-state index in [-0.39, 0.29) is 12.1 Å². The molecule has 0 radical (unpaired) electrons. The topological polar surface area (TPSA) is 69.4 Å². The van der Waals surface area contributed by atoms with Gasteiger partial charge in [-0.15, -0.1) is 0 Å². The van der Waals surface area contributed by atoms with Gasteiger partial charge in [-0.25, -0.2) is 4.98 Å². The molecular weight excluding hydrogens is 242 g/mol. The molecule has 1 aromatic rings. The first kappa shape index (κ1) is 15.7. The molecule has 0 aliphatic carbocycles. The lowest BCUT2D eigenvalue weighted by Gasteiger charge is -2.21. The molecule has 0 spiro atoms. The molecule has 108 valence electrons. The third-order valence-electron chi connectivity index (χ3n) is 2.60. The van der Waals surface area contributed by atoms with Crippen molar-refractivity contribution in [3.05, 3.63) is 18.3 Å². The Balaban J connectivity index is 2.71. The highest BCUT2D eigenvalue weighted by Gasteiger charge is 2.12. The molecule has 0 aromatic carbocycles. The van der Waals surface area contributed by atoms with Crippen LogP contribution in [0.3, 0.4) is 0 Å². The number of aromatic nitrogens is 1. The van der Waals surface area contributed by atoms with E-state index in [0.29, 0.717) is 19.0 Å². The second-order valence-corrected chi connectivity index (χ2v) is 4.75. The van der Waals surface area contributed by atoms with Crippen molar-refractivity contribution in [2.75, 3.05) is 25.6 Å². The molecular formula is C14H25N3O2. The molecule has 1 unspecified atom stereocenters. The van der Waals surface area contributed by atoms with Gasteiger partial charge in [0, 0.05) is 19.3 Å². The number of rotatable bonds is 9. The first-order valence-corrected chi connectivity index (χ1v) is 6.74. The van der Waals surface area contributed by atoms with Gasteiger partial charge in [0.1, 0.15) is 0 Å². The Labute approximate surface area is 115 Å². The quantitative estimate of drug-likeness (QED) is 0.716. The van der Waals surface area contributed by atoms with Crippen LogP contribution in [-0.4, -0.2) is 37.4 Å². The third-order valence-corrected chi connectivity index (χ3v) is 2.60. The summed E-state index contributed by atoms with van der Waals surface area (Å²) in [6.07, 6.45) is 3.75. The van der Waals surface area contributed by atoms with Crippen molar-refractivity contribution < 1.29 is 9.47 Å². The number of ether oxygens (including phenoxy) is 2. The van der Waals surface area contributed by atoms with Crippen molar-refractivity contribution in [1.82, 2.24) is 4.98 Å². The highest BCUT2D eigenvalue weighted by Crippen LogP contribution is 2.23. The van der Waals surface area contributed by atoms with E-state index in [1.54, 1.807) is 13.3 Å². The van der Waals surface area contributed by atoms with Crippen LogP contribution in [0.5, 0.6) is 5.88 Å².